The average molecular weight is 132 g/mol. The molecule has 0 radical (unpaired) electrons. The van der Waals surface area contributed by atoms with Gasteiger partial charge in [0.2, 0.25) is 0 Å². The zero-order valence-electron chi connectivity index (χ0n) is 3.98. The molecule has 1 aromatic heterocycles. The van der Waals surface area contributed by atoms with Crippen LogP contribution in [0.5, 0.6) is 0 Å². The molecule has 1 N–H and O–H groups in total. The first-order valence-electron chi connectivity index (χ1n) is 2.02. The Bertz CT molecular complexity index is 183. The predicted octanol–water partition coefficient (Wildman–Crippen LogP) is 0.113. The average Bonchev–Trinajstić information content (AvgIpc) is 2.12. The van der Waals surface area contributed by atoms with Crippen LogP contribution in [0.3, 0.4) is 0 Å². The highest BCUT2D eigenvalue weighted by atomic mass is 31.1. The highest BCUT2D eigenvalue weighted by Crippen LogP contribution is 2.14. The summed E-state index contributed by atoms with van der Waals surface area (Å²) in [6.45, 7) is 0. The molecule has 8 heavy (non-hydrogen) atoms. The highest BCUT2D eigenvalue weighted by molar-refractivity contribution is 7.36. The van der Waals surface area contributed by atoms with Crippen molar-refractivity contribution in [2.24, 2.45) is 0 Å². The number of hydrogen-bond acceptors (Lipinski definition) is 2. The molecule has 0 fully saturated rings. The third-order valence-corrected chi connectivity index (χ3v) is 1.43. The minimum absolute atomic E-state index is 1.16. The van der Waals surface area contributed by atoms with Crippen molar-refractivity contribution in [3.05, 3.63) is 18.7 Å². The second-order valence-corrected chi connectivity index (χ2v) is 2.33. The summed E-state index contributed by atoms with van der Waals surface area (Å²) in [5, 5.41) is 0. The predicted molar refractivity (Wildman–Crippen MR) is 28.8 cm³/mol. The summed E-state index contributed by atoms with van der Waals surface area (Å²) in [5.41, 5.74) is 0. The number of imidazole rings is 1. The highest BCUT2D eigenvalue weighted by Gasteiger charge is 1.89. The lowest BCUT2D eigenvalue weighted by Crippen LogP contribution is -1.75. The van der Waals surface area contributed by atoms with Crippen molar-refractivity contribution in [1.29, 1.82) is 0 Å². The summed E-state index contributed by atoms with van der Waals surface area (Å²) in [6.07, 6.45) is 4.21. The van der Waals surface area contributed by atoms with E-state index in [0.717, 1.165) is 4.34 Å². The number of hydrogen-bond donors (Lipinski definition) is 1. The van der Waals surface area contributed by atoms with E-state index in [-0.39, 0.29) is 0 Å². The Balaban J connectivity index is 2.93. The van der Waals surface area contributed by atoms with Gasteiger partial charge in [0, 0.05) is 12.4 Å². The Hall–Kier alpha value is -0.600. The standard InChI is InChI=1S/C3H5N2O2P/c6-8(7)5-2-1-4-3-5/h1-3,8H,(H,6,7). The quantitative estimate of drug-likeness (QED) is 0.552. The minimum Gasteiger partial charge on any atom is -0.331 e. The van der Waals surface area contributed by atoms with Crippen LogP contribution in [0.2, 0.25) is 0 Å². The minimum atomic E-state index is -2.57. The zero-order chi connectivity index (χ0) is 5.98. The van der Waals surface area contributed by atoms with Gasteiger partial charge in [0.15, 0.2) is 0 Å². The van der Waals surface area contributed by atoms with Crippen LogP contribution < -0.4 is 0 Å². The van der Waals surface area contributed by atoms with E-state index in [1.807, 2.05) is 0 Å². The van der Waals surface area contributed by atoms with E-state index >= 15 is 0 Å². The van der Waals surface area contributed by atoms with Crippen molar-refractivity contribution in [1.82, 2.24) is 9.32 Å². The van der Waals surface area contributed by atoms with E-state index in [1.165, 1.54) is 18.7 Å². The van der Waals surface area contributed by atoms with Crippen LogP contribution in [0.25, 0.3) is 0 Å². The van der Waals surface area contributed by atoms with Crippen LogP contribution in [0.15, 0.2) is 18.7 Å². The second-order valence-electron chi connectivity index (χ2n) is 1.25. The molecule has 0 aliphatic carbocycles. The molecule has 0 aliphatic rings. The summed E-state index contributed by atoms with van der Waals surface area (Å²) in [6, 6.07) is 0. The molecular weight excluding hydrogens is 127 g/mol. The monoisotopic (exact) mass is 132 g/mol. The molecule has 0 saturated carbocycles. The van der Waals surface area contributed by atoms with Crippen LogP contribution in [0, 0.1) is 0 Å². The molecule has 1 unspecified atom stereocenters. The topological polar surface area (TPSA) is 55.1 Å². The maximum Gasteiger partial charge on any atom is 0.287 e. The van der Waals surface area contributed by atoms with E-state index < -0.39 is 8.18 Å². The van der Waals surface area contributed by atoms with E-state index in [2.05, 4.69) is 4.98 Å². The first-order chi connectivity index (χ1) is 3.80. The van der Waals surface area contributed by atoms with Gasteiger partial charge in [-0.1, -0.05) is 0 Å². The van der Waals surface area contributed by atoms with Crippen molar-refractivity contribution >= 4 is 8.18 Å². The summed E-state index contributed by atoms with van der Waals surface area (Å²) in [4.78, 5) is 12.0. The lowest BCUT2D eigenvalue weighted by molar-refractivity contribution is 0.494. The first kappa shape index (κ1) is 5.54. The largest absolute Gasteiger partial charge is 0.331 e. The van der Waals surface area contributed by atoms with Crippen molar-refractivity contribution in [2.75, 3.05) is 0 Å². The molecular formula is C3H5N2O2P. The molecule has 0 aromatic carbocycles. The molecule has 0 spiro atoms. The van der Waals surface area contributed by atoms with Gasteiger partial charge in [-0.3, -0.25) is 8.90 Å². The number of rotatable bonds is 1. The van der Waals surface area contributed by atoms with Gasteiger partial charge < -0.3 is 4.89 Å². The maximum atomic E-state index is 10.2. The fourth-order valence-electron chi connectivity index (χ4n) is 0.372. The molecule has 0 aliphatic heterocycles. The molecule has 1 aromatic rings. The summed E-state index contributed by atoms with van der Waals surface area (Å²) >= 11 is 0. The number of aromatic nitrogens is 2. The third kappa shape index (κ3) is 0.967. The van der Waals surface area contributed by atoms with Crippen LogP contribution in [-0.2, 0) is 4.57 Å². The fourth-order valence-corrected chi connectivity index (χ4v) is 0.732. The molecule has 5 heteroatoms. The van der Waals surface area contributed by atoms with Gasteiger partial charge in [0.05, 0.1) is 0 Å². The summed E-state index contributed by atoms with van der Waals surface area (Å²) in [5.74, 6) is 0. The van der Waals surface area contributed by atoms with Crippen LogP contribution in [-0.4, -0.2) is 14.2 Å². The molecule has 1 rings (SSSR count). The lowest BCUT2D eigenvalue weighted by atomic mass is 11.0. The second kappa shape index (κ2) is 2.11. The lowest BCUT2D eigenvalue weighted by Gasteiger charge is -1.88. The summed E-state index contributed by atoms with van der Waals surface area (Å²) < 4.78 is 11.3. The Labute approximate surface area is 46.7 Å². The van der Waals surface area contributed by atoms with Gasteiger partial charge in [-0.05, 0) is 0 Å². The van der Waals surface area contributed by atoms with Crippen LogP contribution in [0.1, 0.15) is 0 Å². The normalized spacial score (nSPS) is 13.6. The molecule has 44 valence electrons. The Morgan fingerprint density at radius 1 is 1.75 bits per heavy atom. The van der Waals surface area contributed by atoms with Gasteiger partial charge in [-0.15, -0.1) is 0 Å². The smallest absolute Gasteiger partial charge is 0.287 e. The van der Waals surface area contributed by atoms with Gasteiger partial charge in [-0.2, -0.15) is 0 Å². The maximum absolute atomic E-state index is 10.2. The van der Waals surface area contributed by atoms with Crippen molar-refractivity contribution in [2.45, 2.75) is 0 Å². The Morgan fingerprint density at radius 2 is 2.50 bits per heavy atom. The van der Waals surface area contributed by atoms with Crippen LogP contribution >= 0.6 is 8.18 Å². The molecule has 1 atom stereocenters. The molecule has 1 heterocycles. The van der Waals surface area contributed by atoms with E-state index in [9.17, 15) is 4.57 Å². The van der Waals surface area contributed by atoms with Crippen LogP contribution in [0.4, 0.5) is 0 Å². The van der Waals surface area contributed by atoms with Crippen molar-refractivity contribution < 1.29 is 9.46 Å². The van der Waals surface area contributed by atoms with E-state index in [0.29, 0.717) is 0 Å². The number of nitrogens with zero attached hydrogens (tertiary/aromatic N) is 2. The van der Waals surface area contributed by atoms with E-state index in [1.54, 1.807) is 0 Å². The van der Waals surface area contributed by atoms with Gasteiger partial charge in [0.1, 0.15) is 6.33 Å². The van der Waals surface area contributed by atoms with E-state index in [4.69, 9.17) is 4.89 Å². The fraction of sp³-hybridized carbons (Fsp3) is 0. The summed E-state index contributed by atoms with van der Waals surface area (Å²) in [7, 11) is -2.57. The molecule has 0 bridgehead atoms. The molecule has 0 saturated heterocycles. The SMILES string of the molecule is O=[PH](O)n1ccnc1. The Kier molecular flexibility index (Phi) is 1.46. The first-order valence-corrected chi connectivity index (χ1v) is 3.32. The van der Waals surface area contributed by atoms with Crippen molar-refractivity contribution in [3.8, 4) is 0 Å². The van der Waals surface area contributed by atoms with Gasteiger partial charge in [-0.25, -0.2) is 4.98 Å². The Morgan fingerprint density at radius 3 is 2.75 bits per heavy atom. The zero-order valence-corrected chi connectivity index (χ0v) is 4.98. The molecule has 0 amide bonds. The van der Waals surface area contributed by atoms with Gasteiger partial charge >= 0.3 is 0 Å². The third-order valence-electron chi connectivity index (χ3n) is 0.725. The van der Waals surface area contributed by atoms with Gasteiger partial charge in [0.25, 0.3) is 8.18 Å². The van der Waals surface area contributed by atoms with Crippen molar-refractivity contribution in [3.63, 3.8) is 0 Å². The molecule has 4 nitrogen and oxygen atoms in total.